The molecule has 2 rings (SSSR count). The predicted octanol–water partition coefficient (Wildman–Crippen LogP) is 2.80. The number of nitrogens with zero attached hydrogens (tertiary/aromatic N) is 1. The van der Waals surface area contributed by atoms with Gasteiger partial charge in [-0.15, -0.1) is 0 Å². The lowest BCUT2D eigenvalue weighted by atomic mass is 9.98. The third-order valence-electron chi connectivity index (χ3n) is 3.84. The number of carbonyl (C=O) groups is 1. The van der Waals surface area contributed by atoms with Gasteiger partial charge in [0.1, 0.15) is 0 Å². The molecule has 21 heavy (non-hydrogen) atoms. The first-order chi connectivity index (χ1) is 9.99. The third-order valence-corrected chi connectivity index (χ3v) is 3.84. The second-order valence-electron chi connectivity index (χ2n) is 5.60. The first kappa shape index (κ1) is 15.3. The zero-order valence-electron chi connectivity index (χ0n) is 13.2. The second-order valence-corrected chi connectivity index (χ2v) is 5.60. The second kappa shape index (κ2) is 6.57. The standard InChI is InChI=1S/C17H23N3O/c1-11-5-7-15(8-6-11)9-10-18-17(21)12(2)16-13(3)19-20-14(16)4/h5-8,12H,9-10H2,1-4H3,(H,18,21)(H,19,20)/t12-/m0/s1. The Hall–Kier alpha value is -2.10. The van der Waals surface area contributed by atoms with Gasteiger partial charge in [-0.3, -0.25) is 9.89 Å². The van der Waals surface area contributed by atoms with Crippen LogP contribution in [0.4, 0.5) is 0 Å². The highest BCUT2D eigenvalue weighted by Gasteiger charge is 2.20. The minimum atomic E-state index is -0.179. The van der Waals surface area contributed by atoms with Gasteiger partial charge in [0.05, 0.1) is 11.6 Å². The van der Waals surface area contributed by atoms with Crippen LogP contribution in [0, 0.1) is 20.8 Å². The van der Waals surface area contributed by atoms with Crippen LogP contribution in [0.5, 0.6) is 0 Å². The van der Waals surface area contributed by atoms with Crippen molar-refractivity contribution in [3.05, 3.63) is 52.3 Å². The van der Waals surface area contributed by atoms with Crippen LogP contribution < -0.4 is 5.32 Å². The number of aromatic nitrogens is 2. The van der Waals surface area contributed by atoms with Crippen LogP contribution in [0.2, 0.25) is 0 Å². The lowest BCUT2D eigenvalue weighted by Gasteiger charge is -2.13. The Bertz CT molecular complexity index is 594. The van der Waals surface area contributed by atoms with E-state index in [9.17, 15) is 4.79 Å². The Morgan fingerprint density at radius 2 is 1.90 bits per heavy atom. The van der Waals surface area contributed by atoms with Gasteiger partial charge in [0.25, 0.3) is 0 Å². The molecule has 2 N–H and O–H groups in total. The molecule has 112 valence electrons. The van der Waals surface area contributed by atoms with Gasteiger partial charge >= 0.3 is 0 Å². The number of benzene rings is 1. The van der Waals surface area contributed by atoms with E-state index in [0.29, 0.717) is 6.54 Å². The van der Waals surface area contributed by atoms with E-state index in [4.69, 9.17) is 0 Å². The summed E-state index contributed by atoms with van der Waals surface area (Å²) < 4.78 is 0. The zero-order chi connectivity index (χ0) is 15.4. The highest BCUT2D eigenvalue weighted by molar-refractivity contribution is 5.83. The molecule has 4 heteroatoms. The number of carbonyl (C=O) groups excluding carboxylic acids is 1. The van der Waals surface area contributed by atoms with E-state index >= 15 is 0 Å². The number of H-pyrrole nitrogens is 1. The van der Waals surface area contributed by atoms with Gasteiger partial charge in [0, 0.05) is 17.8 Å². The number of hydrogen-bond donors (Lipinski definition) is 2. The van der Waals surface area contributed by atoms with Crippen molar-refractivity contribution in [2.75, 3.05) is 6.54 Å². The van der Waals surface area contributed by atoms with Gasteiger partial charge in [-0.2, -0.15) is 5.10 Å². The first-order valence-corrected chi connectivity index (χ1v) is 7.33. The van der Waals surface area contributed by atoms with Crippen molar-refractivity contribution >= 4 is 5.91 Å². The van der Waals surface area contributed by atoms with E-state index in [1.54, 1.807) is 0 Å². The van der Waals surface area contributed by atoms with Crippen LogP contribution in [-0.2, 0) is 11.2 Å². The largest absolute Gasteiger partial charge is 0.355 e. The maximum absolute atomic E-state index is 12.2. The molecule has 1 aromatic carbocycles. The molecule has 0 bridgehead atoms. The van der Waals surface area contributed by atoms with Crippen LogP contribution in [0.25, 0.3) is 0 Å². The highest BCUT2D eigenvalue weighted by Crippen LogP contribution is 2.21. The van der Waals surface area contributed by atoms with Gasteiger partial charge in [0.2, 0.25) is 5.91 Å². The molecule has 0 spiro atoms. The number of aryl methyl sites for hydroxylation is 3. The molecule has 0 unspecified atom stereocenters. The van der Waals surface area contributed by atoms with Crippen LogP contribution in [-0.4, -0.2) is 22.6 Å². The number of hydrogen-bond acceptors (Lipinski definition) is 2. The van der Waals surface area contributed by atoms with E-state index in [-0.39, 0.29) is 11.8 Å². The molecule has 2 aromatic rings. The van der Waals surface area contributed by atoms with Crippen molar-refractivity contribution in [2.45, 2.75) is 40.0 Å². The van der Waals surface area contributed by atoms with Gasteiger partial charge in [-0.05, 0) is 39.7 Å². The highest BCUT2D eigenvalue weighted by atomic mass is 16.1. The quantitative estimate of drug-likeness (QED) is 0.887. The van der Waals surface area contributed by atoms with Crippen molar-refractivity contribution in [3.63, 3.8) is 0 Å². The van der Waals surface area contributed by atoms with E-state index < -0.39 is 0 Å². The molecule has 0 aliphatic heterocycles. The lowest BCUT2D eigenvalue weighted by molar-refractivity contribution is -0.122. The topological polar surface area (TPSA) is 57.8 Å². The fraction of sp³-hybridized carbons (Fsp3) is 0.412. The van der Waals surface area contributed by atoms with Crippen molar-refractivity contribution in [1.82, 2.24) is 15.5 Å². The lowest BCUT2D eigenvalue weighted by Crippen LogP contribution is -2.30. The summed E-state index contributed by atoms with van der Waals surface area (Å²) in [7, 11) is 0. The summed E-state index contributed by atoms with van der Waals surface area (Å²) in [6, 6.07) is 8.40. The Kier molecular flexibility index (Phi) is 4.78. The minimum Gasteiger partial charge on any atom is -0.355 e. The Labute approximate surface area is 126 Å². The van der Waals surface area contributed by atoms with Crippen molar-refractivity contribution in [2.24, 2.45) is 0 Å². The minimum absolute atomic E-state index is 0.0507. The van der Waals surface area contributed by atoms with Crippen LogP contribution >= 0.6 is 0 Å². The molecule has 1 atom stereocenters. The smallest absolute Gasteiger partial charge is 0.227 e. The summed E-state index contributed by atoms with van der Waals surface area (Å²) in [6.45, 7) is 8.53. The van der Waals surface area contributed by atoms with Crippen LogP contribution in [0.1, 0.15) is 40.9 Å². The fourth-order valence-corrected chi connectivity index (χ4v) is 2.57. The van der Waals surface area contributed by atoms with Crippen molar-refractivity contribution < 1.29 is 4.79 Å². The summed E-state index contributed by atoms with van der Waals surface area (Å²) in [5, 5.41) is 10.1. The maximum Gasteiger partial charge on any atom is 0.227 e. The zero-order valence-corrected chi connectivity index (χ0v) is 13.2. The van der Waals surface area contributed by atoms with Crippen LogP contribution in [0.3, 0.4) is 0 Å². The molecule has 0 aliphatic rings. The summed E-state index contributed by atoms with van der Waals surface area (Å²) >= 11 is 0. The average Bonchev–Trinajstić information content (AvgIpc) is 2.79. The molecule has 0 saturated heterocycles. The van der Waals surface area contributed by atoms with E-state index in [2.05, 4.69) is 46.7 Å². The molecule has 0 saturated carbocycles. The predicted molar refractivity (Wildman–Crippen MR) is 84.4 cm³/mol. The van der Waals surface area contributed by atoms with Crippen molar-refractivity contribution in [1.29, 1.82) is 0 Å². The molecule has 4 nitrogen and oxygen atoms in total. The molecular weight excluding hydrogens is 262 g/mol. The third kappa shape index (κ3) is 3.72. The molecular formula is C17H23N3O. The normalized spacial score (nSPS) is 12.2. The van der Waals surface area contributed by atoms with E-state index in [1.807, 2.05) is 20.8 Å². The van der Waals surface area contributed by atoms with Gasteiger partial charge in [-0.1, -0.05) is 29.8 Å². The summed E-state index contributed by atoms with van der Waals surface area (Å²) in [4.78, 5) is 12.2. The van der Waals surface area contributed by atoms with Crippen molar-refractivity contribution in [3.8, 4) is 0 Å². The van der Waals surface area contributed by atoms with E-state index in [0.717, 1.165) is 23.4 Å². The number of amides is 1. The number of aromatic amines is 1. The van der Waals surface area contributed by atoms with Crippen LogP contribution in [0.15, 0.2) is 24.3 Å². The Morgan fingerprint density at radius 3 is 2.48 bits per heavy atom. The Balaban J connectivity index is 1.88. The Morgan fingerprint density at radius 1 is 1.24 bits per heavy atom. The molecule has 1 aromatic heterocycles. The fourth-order valence-electron chi connectivity index (χ4n) is 2.57. The monoisotopic (exact) mass is 285 g/mol. The summed E-state index contributed by atoms with van der Waals surface area (Å²) in [5.41, 5.74) is 5.36. The molecule has 1 amide bonds. The molecule has 0 aliphatic carbocycles. The first-order valence-electron chi connectivity index (χ1n) is 7.33. The SMILES string of the molecule is Cc1ccc(CCNC(=O)[C@@H](C)c2c(C)n[nH]c2C)cc1. The molecule has 0 fully saturated rings. The average molecular weight is 285 g/mol. The van der Waals surface area contributed by atoms with E-state index in [1.165, 1.54) is 11.1 Å². The molecule has 1 heterocycles. The number of nitrogens with one attached hydrogen (secondary N) is 2. The van der Waals surface area contributed by atoms with Gasteiger partial charge in [0.15, 0.2) is 0 Å². The van der Waals surface area contributed by atoms with Gasteiger partial charge in [-0.25, -0.2) is 0 Å². The summed E-state index contributed by atoms with van der Waals surface area (Å²) in [5.74, 6) is -0.128. The number of rotatable bonds is 5. The molecule has 0 radical (unpaired) electrons. The summed E-state index contributed by atoms with van der Waals surface area (Å²) in [6.07, 6.45) is 0.849. The van der Waals surface area contributed by atoms with Gasteiger partial charge < -0.3 is 5.32 Å². The maximum atomic E-state index is 12.2.